The van der Waals surface area contributed by atoms with Crippen molar-refractivity contribution >= 4 is 27.7 Å². The van der Waals surface area contributed by atoms with Gasteiger partial charge in [-0.1, -0.05) is 19.9 Å². The van der Waals surface area contributed by atoms with E-state index < -0.39 is 22.0 Å². The van der Waals surface area contributed by atoms with Gasteiger partial charge >= 0.3 is 0 Å². The molecule has 10 nitrogen and oxygen atoms in total. The van der Waals surface area contributed by atoms with Crippen LogP contribution in [-0.4, -0.2) is 86.8 Å². The average molecular weight is 497 g/mol. The second-order valence-corrected chi connectivity index (χ2v) is 10.8. The van der Waals surface area contributed by atoms with Crippen LogP contribution in [-0.2, 0) is 24.3 Å². The minimum atomic E-state index is -3.77. The Labute approximate surface area is 202 Å². The highest BCUT2D eigenvalue weighted by atomic mass is 32.2. The molecule has 190 valence electrons. The molecule has 3 amide bonds. The van der Waals surface area contributed by atoms with Crippen LogP contribution in [0.2, 0.25) is 0 Å². The Morgan fingerprint density at radius 1 is 1.09 bits per heavy atom. The van der Waals surface area contributed by atoms with E-state index in [1.807, 2.05) is 13.8 Å². The number of sulfonamides is 1. The van der Waals surface area contributed by atoms with Crippen molar-refractivity contribution < 1.29 is 27.5 Å². The van der Waals surface area contributed by atoms with Crippen LogP contribution in [0, 0.1) is 5.92 Å². The van der Waals surface area contributed by atoms with E-state index in [1.165, 1.54) is 33.5 Å². The van der Waals surface area contributed by atoms with Gasteiger partial charge in [-0.05, 0) is 44.9 Å². The smallest absolute Gasteiger partial charge is 0.251 e. The van der Waals surface area contributed by atoms with Crippen molar-refractivity contribution in [1.82, 2.24) is 19.8 Å². The van der Waals surface area contributed by atoms with E-state index in [0.29, 0.717) is 19.8 Å². The first kappa shape index (κ1) is 27.7. The lowest BCUT2D eigenvalue weighted by Gasteiger charge is -2.29. The number of hydrogen-bond donors (Lipinski definition) is 2. The number of nitrogens with one attached hydrogen (secondary N) is 2. The number of nitrogens with zero attached hydrogens (tertiary/aromatic N) is 2. The molecule has 0 radical (unpaired) electrons. The van der Waals surface area contributed by atoms with Gasteiger partial charge in [0.15, 0.2) is 0 Å². The van der Waals surface area contributed by atoms with Crippen molar-refractivity contribution in [2.75, 3.05) is 39.4 Å². The van der Waals surface area contributed by atoms with Crippen molar-refractivity contribution in [3.05, 3.63) is 29.8 Å². The normalized spacial score (nSPS) is 15.7. The Bertz CT molecular complexity index is 973. The number of ether oxygens (including phenoxy) is 1. The van der Waals surface area contributed by atoms with Gasteiger partial charge in [0.2, 0.25) is 21.8 Å². The monoisotopic (exact) mass is 496 g/mol. The fourth-order valence-electron chi connectivity index (χ4n) is 3.56. The molecule has 1 aromatic rings. The topological polar surface area (TPSA) is 125 Å². The van der Waals surface area contributed by atoms with Gasteiger partial charge in [0.1, 0.15) is 6.04 Å². The summed E-state index contributed by atoms with van der Waals surface area (Å²) in [6, 6.07) is 4.84. The van der Waals surface area contributed by atoms with Gasteiger partial charge in [0.05, 0.1) is 24.7 Å². The van der Waals surface area contributed by atoms with E-state index >= 15 is 0 Å². The molecule has 1 aliphatic rings. The van der Waals surface area contributed by atoms with Crippen molar-refractivity contribution in [3.8, 4) is 0 Å². The molecule has 1 atom stereocenters. The highest BCUT2D eigenvalue weighted by molar-refractivity contribution is 7.89. The van der Waals surface area contributed by atoms with Crippen LogP contribution in [0.4, 0.5) is 0 Å². The molecule has 1 saturated heterocycles. The van der Waals surface area contributed by atoms with Crippen LogP contribution >= 0.6 is 0 Å². The molecule has 0 bridgehead atoms. The maximum absolute atomic E-state index is 13.2. The number of hydrogen-bond acceptors (Lipinski definition) is 6. The molecule has 0 spiro atoms. The number of likely N-dealkylation sites (N-methyl/N-ethyl adjacent to an activating group) is 1. The lowest BCUT2D eigenvalue weighted by atomic mass is 10.0. The molecule has 11 heteroatoms. The molecule has 2 rings (SSSR count). The fraction of sp³-hybridized carbons (Fsp3) is 0.609. The minimum absolute atomic E-state index is 0.00927. The summed E-state index contributed by atoms with van der Waals surface area (Å²) in [5.41, 5.74) is 0.133. The number of carbonyl (C=O) groups is 3. The summed E-state index contributed by atoms with van der Waals surface area (Å²) in [6.07, 6.45) is 0. The number of rotatable bonds is 10. The van der Waals surface area contributed by atoms with Crippen LogP contribution in [0.25, 0.3) is 0 Å². The van der Waals surface area contributed by atoms with Crippen LogP contribution in [0.3, 0.4) is 0 Å². The predicted octanol–water partition coefficient (Wildman–Crippen LogP) is 0.835. The molecule has 0 saturated carbocycles. The summed E-state index contributed by atoms with van der Waals surface area (Å²) in [5, 5.41) is 5.48. The minimum Gasteiger partial charge on any atom is -0.379 e. The first-order valence-electron chi connectivity index (χ1n) is 11.5. The number of carbonyl (C=O) groups excluding carboxylic acids is 3. The Hall–Kier alpha value is -2.50. The van der Waals surface area contributed by atoms with Crippen molar-refractivity contribution in [2.45, 2.75) is 51.6 Å². The summed E-state index contributed by atoms with van der Waals surface area (Å²) < 4.78 is 32.4. The quantitative estimate of drug-likeness (QED) is 0.494. The number of morpholine rings is 1. The molecule has 1 fully saturated rings. The van der Waals surface area contributed by atoms with E-state index in [9.17, 15) is 22.8 Å². The zero-order valence-corrected chi connectivity index (χ0v) is 21.4. The van der Waals surface area contributed by atoms with Crippen LogP contribution in [0.5, 0.6) is 0 Å². The Balaban J connectivity index is 2.18. The summed E-state index contributed by atoms with van der Waals surface area (Å²) >= 11 is 0. The Kier molecular flexibility index (Phi) is 10.0. The number of benzene rings is 1. The molecule has 2 N–H and O–H groups in total. The molecule has 1 aromatic carbocycles. The van der Waals surface area contributed by atoms with E-state index in [4.69, 9.17) is 4.74 Å². The average Bonchev–Trinajstić information content (AvgIpc) is 2.80. The molecule has 0 unspecified atom stereocenters. The van der Waals surface area contributed by atoms with Gasteiger partial charge in [0.25, 0.3) is 5.91 Å². The zero-order valence-electron chi connectivity index (χ0n) is 20.5. The van der Waals surface area contributed by atoms with E-state index in [1.54, 1.807) is 20.8 Å². The van der Waals surface area contributed by atoms with Crippen LogP contribution in [0.1, 0.15) is 45.0 Å². The third-order valence-electron chi connectivity index (χ3n) is 5.40. The second kappa shape index (κ2) is 12.3. The molecule has 0 aromatic heterocycles. The van der Waals surface area contributed by atoms with Gasteiger partial charge < -0.3 is 20.3 Å². The molecule has 34 heavy (non-hydrogen) atoms. The van der Waals surface area contributed by atoms with Crippen molar-refractivity contribution in [2.24, 2.45) is 5.92 Å². The molecule has 1 heterocycles. The lowest BCUT2D eigenvalue weighted by Crippen LogP contribution is -2.53. The van der Waals surface area contributed by atoms with Gasteiger partial charge in [-0.3, -0.25) is 14.4 Å². The highest BCUT2D eigenvalue weighted by Crippen LogP contribution is 2.19. The summed E-state index contributed by atoms with van der Waals surface area (Å²) in [6.45, 7) is 10.4. The van der Waals surface area contributed by atoms with E-state index in [0.717, 1.165) is 0 Å². The third-order valence-corrected chi connectivity index (χ3v) is 7.30. The zero-order chi connectivity index (χ0) is 25.5. The summed E-state index contributed by atoms with van der Waals surface area (Å²) in [4.78, 5) is 39.7. The van der Waals surface area contributed by atoms with Gasteiger partial charge in [-0.15, -0.1) is 0 Å². The maximum atomic E-state index is 13.2. The van der Waals surface area contributed by atoms with E-state index in [2.05, 4.69) is 10.6 Å². The standard InChI is InChI=1S/C23H36N4O6S/c1-6-26(15-20(28)24-17(4)5)23(30)21(16(2)3)25-22(29)18-8-7-9-19(14-18)34(31,32)27-10-12-33-13-11-27/h7-9,14,16-17,21H,6,10-13,15H2,1-5H3,(H,24,28)(H,25,29)/t21-/m0/s1. The Morgan fingerprint density at radius 3 is 2.29 bits per heavy atom. The predicted molar refractivity (Wildman–Crippen MR) is 128 cm³/mol. The number of amides is 3. The van der Waals surface area contributed by atoms with Crippen LogP contribution in [0.15, 0.2) is 29.2 Å². The van der Waals surface area contributed by atoms with Gasteiger partial charge in [-0.25, -0.2) is 8.42 Å². The molecule has 0 aliphatic carbocycles. The van der Waals surface area contributed by atoms with Gasteiger partial charge in [-0.2, -0.15) is 4.31 Å². The molecule has 1 aliphatic heterocycles. The fourth-order valence-corrected chi connectivity index (χ4v) is 5.01. The maximum Gasteiger partial charge on any atom is 0.251 e. The van der Waals surface area contributed by atoms with E-state index in [-0.39, 0.29) is 53.9 Å². The van der Waals surface area contributed by atoms with Crippen molar-refractivity contribution in [3.63, 3.8) is 0 Å². The third kappa shape index (κ3) is 7.25. The first-order valence-corrected chi connectivity index (χ1v) is 13.0. The largest absolute Gasteiger partial charge is 0.379 e. The first-order chi connectivity index (χ1) is 16.0. The molecular weight excluding hydrogens is 460 g/mol. The van der Waals surface area contributed by atoms with Gasteiger partial charge in [0, 0.05) is 31.2 Å². The SMILES string of the molecule is CCN(CC(=O)NC(C)C)C(=O)[C@@H](NC(=O)c1cccc(S(=O)(=O)N2CCOCC2)c1)C(C)C. The summed E-state index contributed by atoms with van der Waals surface area (Å²) in [7, 11) is -3.77. The highest BCUT2D eigenvalue weighted by Gasteiger charge is 2.31. The summed E-state index contributed by atoms with van der Waals surface area (Å²) in [5.74, 6) is -1.46. The Morgan fingerprint density at radius 2 is 1.74 bits per heavy atom. The lowest BCUT2D eigenvalue weighted by molar-refractivity contribution is -0.138. The van der Waals surface area contributed by atoms with Crippen LogP contribution < -0.4 is 10.6 Å². The second-order valence-electron chi connectivity index (χ2n) is 8.81. The molecular formula is C23H36N4O6S. The van der Waals surface area contributed by atoms with Crippen molar-refractivity contribution in [1.29, 1.82) is 0 Å².